The van der Waals surface area contributed by atoms with E-state index >= 15 is 0 Å². The predicted octanol–water partition coefficient (Wildman–Crippen LogP) is 5.81. The molecule has 0 fully saturated rings. The molecule has 19 heavy (non-hydrogen) atoms. The molecule has 0 rings (SSSR count). The summed E-state index contributed by atoms with van der Waals surface area (Å²) in [6.07, 6.45) is 18.4. The van der Waals surface area contributed by atoms with E-state index in [0.29, 0.717) is 0 Å². The minimum Gasteiger partial charge on any atom is -0.300 e. The van der Waals surface area contributed by atoms with Crippen molar-refractivity contribution in [2.24, 2.45) is 0 Å². The van der Waals surface area contributed by atoms with Crippen LogP contribution in [0.4, 0.5) is 0 Å². The number of unbranched alkanes of at least 4 members (excludes halogenated alkanes) is 8. The smallest absolute Gasteiger partial charge is 0.0163 e. The molecule has 1 heteroatoms. The van der Waals surface area contributed by atoms with Gasteiger partial charge in [0.05, 0.1) is 0 Å². The summed E-state index contributed by atoms with van der Waals surface area (Å²) < 4.78 is 0. The first-order valence-electron chi connectivity index (χ1n) is 8.68. The van der Waals surface area contributed by atoms with Crippen molar-refractivity contribution in [1.82, 2.24) is 4.90 Å². The first kappa shape index (κ1) is 18.7. The Morgan fingerprint density at radius 2 is 1.16 bits per heavy atom. The van der Waals surface area contributed by atoms with E-state index in [1.54, 1.807) is 0 Å². The second kappa shape index (κ2) is 15.8. The van der Waals surface area contributed by atoms with Crippen molar-refractivity contribution in [2.75, 3.05) is 19.6 Å². The van der Waals surface area contributed by atoms with E-state index in [9.17, 15) is 0 Å². The molecule has 0 N–H and O–H groups in total. The van der Waals surface area contributed by atoms with Crippen LogP contribution in [0.2, 0.25) is 0 Å². The average molecular weight is 268 g/mol. The van der Waals surface area contributed by atoms with Gasteiger partial charge in [0.25, 0.3) is 0 Å². The van der Waals surface area contributed by atoms with Crippen LogP contribution in [0.5, 0.6) is 0 Å². The van der Waals surface area contributed by atoms with Gasteiger partial charge in [-0.25, -0.2) is 0 Å². The molecule has 0 saturated heterocycles. The maximum Gasteiger partial charge on any atom is 0.0163 e. The molecule has 0 spiro atoms. The largest absolute Gasteiger partial charge is 0.300 e. The zero-order chi connectivity index (χ0) is 14.2. The Kier molecular flexibility index (Phi) is 15.5. The summed E-state index contributed by atoms with van der Waals surface area (Å²) in [5, 5.41) is 0. The van der Waals surface area contributed by atoms with Crippen LogP contribution in [0.15, 0.2) is 12.2 Å². The summed E-state index contributed by atoms with van der Waals surface area (Å²) in [4.78, 5) is 2.64. The molecule has 0 aromatic heterocycles. The highest BCUT2D eigenvalue weighted by molar-refractivity contribution is 4.81. The molecular formula is C18H37N. The minimum absolute atomic E-state index is 1.15. The van der Waals surface area contributed by atoms with Crippen molar-refractivity contribution in [3.63, 3.8) is 0 Å². The van der Waals surface area contributed by atoms with Gasteiger partial charge in [-0.1, -0.05) is 77.4 Å². The lowest BCUT2D eigenvalue weighted by molar-refractivity contribution is 0.286. The molecule has 0 bridgehead atoms. The van der Waals surface area contributed by atoms with E-state index in [4.69, 9.17) is 0 Å². The standard InChI is InChI=1S/C18H37N/c1-4-7-10-12-14-17-19(16-9-6-3)18-15-13-11-8-5-2/h6,9H,4-5,7-8,10-18H2,1-3H3. The van der Waals surface area contributed by atoms with Crippen molar-refractivity contribution in [3.8, 4) is 0 Å². The Balaban J connectivity index is 3.63. The Bertz CT molecular complexity index is 172. The fourth-order valence-corrected chi connectivity index (χ4v) is 2.43. The molecule has 1 nitrogen and oxygen atoms in total. The lowest BCUT2D eigenvalue weighted by atomic mass is 10.1. The lowest BCUT2D eigenvalue weighted by Gasteiger charge is -2.20. The fourth-order valence-electron chi connectivity index (χ4n) is 2.43. The monoisotopic (exact) mass is 267 g/mol. The average Bonchev–Trinajstić information content (AvgIpc) is 2.43. The number of rotatable bonds is 14. The topological polar surface area (TPSA) is 3.24 Å². The molecule has 0 unspecified atom stereocenters. The molecule has 0 aromatic rings. The number of nitrogens with zero attached hydrogens (tertiary/aromatic N) is 1. The SMILES string of the molecule is CC=CCN(CCCCCCC)CCCCCCC. The zero-order valence-corrected chi connectivity index (χ0v) is 13.8. The normalized spacial score (nSPS) is 11.8. The molecule has 0 aliphatic rings. The van der Waals surface area contributed by atoms with Crippen LogP contribution in [0.3, 0.4) is 0 Å². The van der Waals surface area contributed by atoms with E-state index in [1.165, 1.54) is 77.3 Å². The number of allylic oxidation sites excluding steroid dienone is 1. The van der Waals surface area contributed by atoms with Gasteiger partial charge in [0.1, 0.15) is 0 Å². The van der Waals surface area contributed by atoms with E-state index in [1.807, 2.05) is 0 Å². The molecule has 0 aromatic carbocycles. The minimum atomic E-state index is 1.15. The number of hydrogen-bond donors (Lipinski definition) is 0. The Morgan fingerprint density at radius 1 is 0.684 bits per heavy atom. The second-order valence-corrected chi connectivity index (χ2v) is 5.70. The summed E-state index contributed by atoms with van der Waals surface area (Å²) in [6.45, 7) is 10.4. The molecule has 114 valence electrons. The number of hydrogen-bond acceptors (Lipinski definition) is 1. The molecule has 0 atom stereocenters. The third-order valence-electron chi connectivity index (χ3n) is 3.76. The summed E-state index contributed by atoms with van der Waals surface area (Å²) in [7, 11) is 0. The van der Waals surface area contributed by atoms with Crippen molar-refractivity contribution in [2.45, 2.75) is 85.0 Å². The first-order chi connectivity index (χ1) is 9.35. The highest BCUT2D eigenvalue weighted by Crippen LogP contribution is 2.07. The second-order valence-electron chi connectivity index (χ2n) is 5.70. The molecule has 0 saturated carbocycles. The summed E-state index contributed by atoms with van der Waals surface area (Å²) >= 11 is 0. The third-order valence-corrected chi connectivity index (χ3v) is 3.76. The molecule has 0 radical (unpaired) electrons. The Hall–Kier alpha value is -0.300. The predicted molar refractivity (Wildman–Crippen MR) is 88.8 cm³/mol. The van der Waals surface area contributed by atoms with Gasteiger partial charge >= 0.3 is 0 Å². The summed E-state index contributed by atoms with van der Waals surface area (Å²) in [6, 6.07) is 0. The van der Waals surface area contributed by atoms with Crippen molar-refractivity contribution < 1.29 is 0 Å². The molecule has 0 heterocycles. The Morgan fingerprint density at radius 3 is 1.58 bits per heavy atom. The van der Waals surface area contributed by atoms with Crippen molar-refractivity contribution in [1.29, 1.82) is 0 Å². The lowest BCUT2D eigenvalue weighted by Crippen LogP contribution is -2.26. The summed E-state index contributed by atoms with van der Waals surface area (Å²) in [5.74, 6) is 0. The van der Waals surface area contributed by atoms with E-state index in [0.717, 1.165) is 6.54 Å². The molecule has 0 aliphatic carbocycles. The van der Waals surface area contributed by atoms with Gasteiger partial charge < -0.3 is 0 Å². The van der Waals surface area contributed by atoms with E-state index in [2.05, 4.69) is 37.8 Å². The van der Waals surface area contributed by atoms with Crippen LogP contribution in [-0.2, 0) is 0 Å². The van der Waals surface area contributed by atoms with Crippen LogP contribution in [0.1, 0.15) is 85.0 Å². The van der Waals surface area contributed by atoms with Gasteiger partial charge in [0.15, 0.2) is 0 Å². The van der Waals surface area contributed by atoms with Crippen molar-refractivity contribution in [3.05, 3.63) is 12.2 Å². The van der Waals surface area contributed by atoms with Gasteiger partial charge in [-0.3, -0.25) is 4.90 Å². The van der Waals surface area contributed by atoms with E-state index in [-0.39, 0.29) is 0 Å². The fraction of sp³-hybridized carbons (Fsp3) is 0.889. The van der Waals surface area contributed by atoms with Gasteiger partial charge in [-0.2, -0.15) is 0 Å². The Labute approximate surface area is 122 Å². The highest BCUT2D eigenvalue weighted by atomic mass is 15.1. The van der Waals surface area contributed by atoms with Crippen LogP contribution in [0, 0.1) is 0 Å². The zero-order valence-electron chi connectivity index (χ0n) is 13.8. The van der Waals surface area contributed by atoms with Gasteiger partial charge in [-0.05, 0) is 32.9 Å². The maximum absolute atomic E-state index is 2.64. The van der Waals surface area contributed by atoms with E-state index < -0.39 is 0 Å². The van der Waals surface area contributed by atoms with Crippen LogP contribution >= 0.6 is 0 Å². The molecule has 0 aliphatic heterocycles. The van der Waals surface area contributed by atoms with Crippen LogP contribution in [-0.4, -0.2) is 24.5 Å². The first-order valence-corrected chi connectivity index (χ1v) is 8.68. The molecule has 0 amide bonds. The van der Waals surface area contributed by atoms with Gasteiger partial charge in [-0.15, -0.1) is 0 Å². The third kappa shape index (κ3) is 13.9. The highest BCUT2D eigenvalue weighted by Gasteiger charge is 2.02. The van der Waals surface area contributed by atoms with Crippen LogP contribution < -0.4 is 0 Å². The van der Waals surface area contributed by atoms with Crippen LogP contribution in [0.25, 0.3) is 0 Å². The van der Waals surface area contributed by atoms with Gasteiger partial charge in [0, 0.05) is 6.54 Å². The quantitative estimate of drug-likeness (QED) is 0.284. The van der Waals surface area contributed by atoms with Crippen molar-refractivity contribution >= 4 is 0 Å². The maximum atomic E-state index is 2.64. The summed E-state index contributed by atoms with van der Waals surface area (Å²) in [5.41, 5.74) is 0. The van der Waals surface area contributed by atoms with Gasteiger partial charge in [0.2, 0.25) is 0 Å². The molecular weight excluding hydrogens is 230 g/mol.